The number of fused-ring (bicyclic) bond motifs is 1. The first-order valence-corrected chi connectivity index (χ1v) is 6.20. The first-order chi connectivity index (χ1) is 9.16. The highest BCUT2D eigenvalue weighted by Gasteiger charge is 2.14. The fourth-order valence-corrected chi connectivity index (χ4v) is 2.34. The highest BCUT2D eigenvalue weighted by molar-refractivity contribution is 6.31. The van der Waals surface area contributed by atoms with Crippen molar-refractivity contribution in [2.75, 3.05) is 5.73 Å². The summed E-state index contributed by atoms with van der Waals surface area (Å²) in [5, 5.41) is 5.98. The lowest BCUT2D eigenvalue weighted by Gasteiger charge is -2.02. The Morgan fingerprint density at radius 1 is 1.26 bits per heavy atom. The Kier molecular flexibility index (Phi) is 2.83. The van der Waals surface area contributed by atoms with Gasteiger partial charge < -0.3 is 5.73 Å². The molecule has 3 aromatic rings. The molecule has 0 radical (unpaired) electrons. The largest absolute Gasteiger partial charge is 0.383 e. The molecule has 0 saturated carbocycles. The Hall–Kier alpha value is -2.14. The monoisotopic (exact) mass is 273 g/mol. The molecule has 1 aromatic carbocycles. The lowest BCUT2D eigenvalue weighted by molar-refractivity contribution is 0.765. The molecule has 2 aromatic heterocycles. The van der Waals surface area contributed by atoms with Crippen LogP contribution in [0.5, 0.6) is 0 Å². The van der Waals surface area contributed by atoms with Crippen molar-refractivity contribution < 1.29 is 0 Å². The summed E-state index contributed by atoms with van der Waals surface area (Å²) < 4.78 is 1.71. The van der Waals surface area contributed by atoms with Gasteiger partial charge in [0.2, 0.25) is 0 Å². The molecule has 3 rings (SSSR count). The Balaban J connectivity index is 2.14. The molecule has 0 fully saturated rings. The number of anilines is 1. The van der Waals surface area contributed by atoms with Gasteiger partial charge in [-0.3, -0.25) is 4.68 Å². The number of hydrogen-bond donors (Lipinski definition) is 1. The van der Waals surface area contributed by atoms with Gasteiger partial charge in [0.15, 0.2) is 5.65 Å². The van der Waals surface area contributed by atoms with Crippen LogP contribution in [0.1, 0.15) is 11.3 Å². The minimum absolute atomic E-state index is 0.445. The number of hydrogen-bond acceptors (Lipinski definition) is 4. The van der Waals surface area contributed by atoms with E-state index in [-0.39, 0.29) is 0 Å². The molecule has 0 atom stereocenters. The van der Waals surface area contributed by atoms with E-state index in [0.717, 1.165) is 27.3 Å². The number of nitrogens with two attached hydrogens (primary N) is 1. The number of aryl methyl sites for hydroxylation is 1. The van der Waals surface area contributed by atoms with Gasteiger partial charge in [0.1, 0.15) is 12.1 Å². The van der Waals surface area contributed by atoms with Crippen LogP contribution in [0.25, 0.3) is 11.0 Å². The fraction of sp³-hybridized carbons (Fsp3) is 0.154. The zero-order valence-electron chi connectivity index (χ0n) is 10.3. The molecule has 2 N–H and O–H groups in total. The van der Waals surface area contributed by atoms with Gasteiger partial charge in [-0.15, -0.1) is 0 Å². The molecular formula is C13H12ClN5. The average Bonchev–Trinajstić information content (AvgIpc) is 2.71. The van der Waals surface area contributed by atoms with E-state index < -0.39 is 0 Å². The van der Waals surface area contributed by atoms with E-state index in [4.69, 9.17) is 17.3 Å². The topological polar surface area (TPSA) is 69.6 Å². The molecule has 0 unspecified atom stereocenters. The second-order valence-corrected chi connectivity index (χ2v) is 4.70. The Morgan fingerprint density at radius 3 is 2.84 bits per heavy atom. The lowest BCUT2D eigenvalue weighted by Crippen LogP contribution is -1.95. The number of nitrogen functional groups attached to an aromatic ring is 1. The second kappa shape index (κ2) is 4.51. The number of halogens is 1. The van der Waals surface area contributed by atoms with Gasteiger partial charge in [-0.05, 0) is 11.6 Å². The molecule has 96 valence electrons. The summed E-state index contributed by atoms with van der Waals surface area (Å²) in [4.78, 5) is 8.23. The van der Waals surface area contributed by atoms with Crippen molar-refractivity contribution in [2.24, 2.45) is 7.05 Å². The molecule has 5 nitrogen and oxygen atoms in total. The predicted molar refractivity (Wildman–Crippen MR) is 75.0 cm³/mol. The smallest absolute Gasteiger partial charge is 0.163 e. The standard InChI is InChI=1S/C13H12ClN5/c1-19-13-11(12(15)16-7-17-13)10(18-19)6-8-4-2-3-5-9(8)14/h2-5,7H,6H2,1H3,(H2,15,16,17). The summed E-state index contributed by atoms with van der Waals surface area (Å²) in [5.41, 5.74) is 8.50. The molecule has 0 bridgehead atoms. The van der Waals surface area contributed by atoms with Crippen molar-refractivity contribution in [2.45, 2.75) is 6.42 Å². The maximum atomic E-state index is 6.17. The van der Waals surface area contributed by atoms with E-state index in [0.29, 0.717) is 12.2 Å². The van der Waals surface area contributed by atoms with Gasteiger partial charge in [-0.25, -0.2) is 9.97 Å². The minimum atomic E-state index is 0.445. The van der Waals surface area contributed by atoms with Crippen LogP contribution in [-0.2, 0) is 13.5 Å². The van der Waals surface area contributed by atoms with E-state index in [1.54, 1.807) is 4.68 Å². The van der Waals surface area contributed by atoms with Gasteiger partial charge in [0.05, 0.1) is 11.1 Å². The van der Waals surface area contributed by atoms with Gasteiger partial charge in [-0.2, -0.15) is 5.10 Å². The van der Waals surface area contributed by atoms with Gasteiger partial charge in [0, 0.05) is 18.5 Å². The molecule has 0 amide bonds. The minimum Gasteiger partial charge on any atom is -0.383 e. The lowest BCUT2D eigenvalue weighted by atomic mass is 10.1. The van der Waals surface area contributed by atoms with Crippen LogP contribution in [0, 0.1) is 0 Å². The van der Waals surface area contributed by atoms with E-state index in [1.807, 2.05) is 31.3 Å². The summed E-state index contributed by atoms with van der Waals surface area (Å²) in [6.45, 7) is 0. The van der Waals surface area contributed by atoms with Crippen LogP contribution in [0.4, 0.5) is 5.82 Å². The summed E-state index contributed by atoms with van der Waals surface area (Å²) in [5.74, 6) is 0.445. The molecule has 0 aliphatic carbocycles. The third-order valence-electron chi connectivity index (χ3n) is 3.04. The second-order valence-electron chi connectivity index (χ2n) is 4.30. The van der Waals surface area contributed by atoms with Crippen molar-refractivity contribution in [1.82, 2.24) is 19.7 Å². The van der Waals surface area contributed by atoms with E-state index >= 15 is 0 Å². The Labute approximate surface area is 115 Å². The summed E-state index contributed by atoms with van der Waals surface area (Å²) in [6.07, 6.45) is 2.05. The van der Waals surface area contributed by atoms with Gasteiger partial charge >= 0.3 is 0 Å². The molecule has 0 aliphatic heterocycles. The summed E-state index contributed by atoms with van der Waals surface area (Å²) in [6, 6.07) is 7.69. The maximum Gasteiger partial charge on any atom is 0.163 e. The first kappa shape index (κ1) is 11.9. The number of aromatic nitrogens is 4. The van der Waals surface area contributed by atoms with Gasteiger partial charge in [-0.1, -0.05) is 29.8 Å². The predicted octanol–water partition coefficient (Wildman–Crippen LogP) is 2.19. The Bertz CT molecular complexity index is 750. The van der Waals surface area contributed by atoms with Crippen molar-refractivity contribution >= 4 is 28.5 Å². The average molecular weight is 274 g/mol. The van der Waals surface area contributed by atoms with Crippen molar-refractivity contribution in [3.63, 3.8) is 0 Å². The zero-order chi connectivity index (χ0) is 13.4. The Morgan fingerprint density at radius 2 is 2.05 bits per heavy atom. The van der Waals surface area contributed by atoms with Crippen molar-refractivity contribution in [3.05, 3.63) is 46.9 Å². The highest BCUT2D eigenvalue weighted by atomic mass is 35.5. The molecule has 6 heteroatoms. The van der Waals surface area contributed by atoms with E-state index in [9.17, 15) is 0 Å². The molecule has 0 aliphatic rings. The third-order valence-corrected chi connectivity index (χ3v) is 3.41. The van der Waals surface area contributed by atoms with Crippen LogP contribution < -0.4 is 5.73 Å². The molecule has 2 heterocycles. The number of benzene rings is 1. The van der Waals surface area contributed by atoms with Crippen LogP contribution in [0.15, 0.2) is 30.6 Å². The fourth-order valence-electron chi connectivity index (χ4n) is 2.14. The van der Waals surface area contributed by atoms with Gasteiger partial charge in [0.25, 0.3) is 0 Å². The molecular weight excluding hydrogens is 262 g/mol. The SMILES string of the molecule is Cn1nc(Cc2ccccc2Cl)c2c(N)ncnc21. The zero-order valence-corrected chi connectivity index (χ0v) is 11.1. The van der Waals surface area contributed by atoms with E-state index in [1.165, 1.54) is 6.33 Å². The third kappa shape index (κ3) is 2.02. The van der Waals surface area contributed by atoms with Crippen LogP contribution in [-0.4, -0.2) is 19.7 Å². The summed E-state index contributed by atoms with van der Waals surface area (Å²) >= 11 is 6.17. The van der Waals surface area contributed by atoms with E-state index in [2.05, 4.69) is 15.1 Å². The number of nitrogens with zero attached hydrogens (tertiary/aromatic N) is 4. The quantitative estimate of drug-likeness (QED) is 0.777. The highest BCUT2D eigenvalue weighted by Crippen LogP contribution is 2.25. The van der Waals surface area contributed by atoms with Crippen molar-refractivity contribution in [3.8, 4) is 0 Å². The van der Waals surface area contributed by atoms with Crippen molar-refractivity contribution in [1.29, 1.82) is 0 Å². The number of rotatable bonds is 2. The summed E-state index contributed by atoms with van der Waals surface area (Å²) in [7, 11) is 1.84. The maximum absolute atomic E-state index is 6.17. The molecule has 19 heavy (non-hydrogen) atoms. The van der Waals surface area contributed by atoms with Crippen LogP contribution in [0.2, 0.25) is 5.02 Å². The van der Waals surface area contributed by atoms with Crippen LogP contribution in [0.3, 0.4) is 0 Å². The first-order valence-electron chi connectivity index (χ1n) is 5.82. The van der Waals surface area contributed by atoms with Crippen LogP contribution >= 0.6 is 11.6 Å². The molecule has 0 spiro atoms. The molecule has 0 saturated heterocycles. The normalized spacial score (nSPS) is 11.1.